The SMILES string of the molecule is CCCC[C@H](N)C(=O)NC1CCN2CCCCC12. The van der Waals surface area contributed by atoms with Crippen molar-refractivity contribution in [2.45, 2.75) is 70.0 Å². The number of unbranched alkanes of at least 4 members (excludes halogenated alkanes) is 1. The average molecular weight is 253 g/mol. The summed E-state index contributed by atoms with van der Waals surface area (Å²) in [5.41, 5.74) is 5.92. The number of carbonyl (C=O) groups excluding carboxylic acids is 1. The predicted molar refractivity (Wildman–Crippen MR) is 73.3 cm³/mol. The summed E-state index contributed by atoms with van der Waals surface area (Å²) in [6.07, 6.45) is 7.88. The molecule has 0 aromatic rings. The Balaban J connectivity index is 1.80. The molecule has 2 saturated heterocycles. The van der Waals surface area contributed by atoms with Crippen LogP contribution in [-0.4, -0.2) is 42.0 Å². The molecule has 4 heteroatoms. The summed E-state index contributed by atoms with van der Waals surface area (Å²) in [4.78, 5) is 14.6. The highest BCUT2D eigenvalue weighted by atomic mass is 16.2. The van der Waals surface area contributed by atoms with Gasteiger partial charge in [0.25, 0.3) is 0 Å². The lowest BCUT2D eigenvalue weighted by Gasteiger charge is -2.32. The second-order valence-electron chi connectivity index (χ2n) is 5.75. The molecule has 18 heavy (non-hydrogen) atoms. The molecule has 2 fully saturated rings. The lowest BCUT2D eigenvalue weighted by molar-refractivity contribution is -0.123. The highest BCUT2D eigenvalue weighted by molar-refractivity contribution is 5.81. The minimum Gasteiger partial charge on any atom is -0.350 e. The van der Waals surface area contributed by atoms with Crippen LogP contribution in [0.2, 0.25) is 0 Å². The van der Waals surface area contributed by atoms with Crippen molar-refractivity contribution < 1.29 is 4.79 Å². The van der Waals surface area contributed by atoms with Crippen LogP contribution < -0.4 is 11.1 Å². The predicted octanol–water partition coefficient (Wildman–Crippen LogP) is 1.25. The summed E-state index contributed by atoms with van der Waals surface area (Å²) in [5, 5.41) is 3.18. The minimum atomic E-state index is -0.317. The monoisotopic (exact) mass is 253 g/mol. The first-order valence-corrected chi connectivity index (χ1v) is 7.52. The van der Waals surface area contributed by atoms with Gasteiger partial charge < -0.3 is 11.1 Å². The Morgan fingerprint density at radius 1 is 1.39 bits per heavy atom. The number of hydrogen-bond acceptors (Lipinski definition) is 3. The summed E-state index contributed by atoms with van der Waals surface area (Å²) in [5.74, 6) is 0.0564. The highest BCUT2D eigenvalue weighted by Gasteiger charge is 2.36. The maximum Gasteiger partial charge on any atom is 0.237 e. The van der Waals surface area contributed by atoms with Gasteiger partial charge in [-0.1, -0.05) is 26.2 Å². The third kappa shape index (κ3) is 3.23. The van der Waals surface area contributed by atoms with Crippen LogP contribution in [0.25, 0.3) is 0 Å². The second kappa shape index (κ2) is 6.53. The minimum absolute atomic E-state index is 0.0564. The van der Waals surface area contributed by atoms with Crippen LogP contribution in [-0.2, 0) is 4.79 Å². The number of piperidine rings is 1. The summed E-state index contributed by atoms with van der Waals surface area (Å²) in [6.45, 7) is 4.47. The van der Waals surface area contributed by atoms with Crippen molar-refractivity contribution in [3.8, 4) is 0 Å². The molecular weight excluding hydrogens is 226 g/mol. The molecule has 2 rings (SSSR count). The van der Waals surface area contributed by atoms with E-state index in [0.717, 1.165) is 32.2 Å². The van der Waals surface area contributed by atoms with Gasteiger partial charge in [0.1, 0.15) is 0 Å². The molecule has 0 radical (unpaired) electrons. The number of amides is 1. The maximum absolute atomic E-state index is 12.0. The average Bonchev–Trinajstić information content (AvgIpc) is 2.79. The van der Waals surface area contributed by atoms with Gasteiger partial charge in [-0.05, 0) is 32.2 Å². The summed E-state index contributed by atoms with van der Waals surface area (Å²) >= 11 is 0. The number of carbonyl (C=O) groups is 1. The zero-order valence-corrected chi connectivity index (χ0v) is 11.5. The van der Waals surface area contributed by atoms with E-state index in [1.54, 1.807) is 0 Å². The Bertz CT molecular complexity index is 282. The van der Waals surface area contributed by atoms with Gasteiger partial charge in [0.05, 0.1) is 6.04 Å². The molecule has 104 valence electrons. The van der Waals surface area contributed by atoms with E-state index in [-0.39, 0.29) is 11.9 Å². The fourth-order valence-electron chi connectivity index (χ4n) is 3.26. The number of rotatable bonds is 5. The molecule has 0 spiro atoms. The number of nitrogens with zero attached hydrogens (tertiary/aromatic N) is 1. The van der Waals surface area contributed by atoms with E-state index in [1.807, 2.05) is 0 Å². The Morgan fingerprint density at radius 2 is 2.22 bits per heavy atom. The van der Waals surface area contributed by atoms with Crippen LogP contribution in [0, 0.1) is 0 Å². The van der Waals surface area contributed by atoms with Crippen molar-refractivity contribution in [3.63, 3.8) is 0 Å². The van der Waals surface area contributed by atoms with Gasteiger partial charge in [0.15, 0.2) is 0 Å². The van der Waals surface area contributed by atoms with Gasteiger partial charge >= 0.3 is 0 Å². The fourth-order valence-corrected chi connectivity index (χ4v) is 3.26. The smallest absolute Gasteiger partial charge is 0.237 e. The molecule has 0 saturated carbocycles. The first-order valence-electron chi connectivity index (χ1n) is 7.52. The normalized spacial score (nSPS) is 29.9. The van der Waals surface area contributed by atoms with Gasteiger partial charge in [-0.25, -0.2) is 0 Å². The summed E-state index contributed by atoms with van der Waals surface area (Å²) < 4.78 is 0. The highest BCUT2D eigenvalue weighted by Crippen LogP contribution is 2.27. The van der Waals surface area contributed by atoms with Gasteiger partial charge in [0, 0.05) is 18.6 Å². The van der Waals surface area contributed by atoms with Crippen LogP contribution in [0.5, 0.6) is 0 Å². The van der Waals surface area contributed by atoms with E-state index in [2.05, 4.69) is 17.1 Å². The second-order valence-corrected chi connectivity index (χ2v) is 5.75. The number of nitrogens with two attached hydrogens (primary N) is 1. The zero-order valence-electron chi connectivity index (χ0n) is 11.5. The molecule has 3 N–H and O–H groups in total. The van der Waals surface area contributed by atoms with Crippen LogP contribution in [0.4, 0.5) is 0 Å². The Labute approximate surface area is 110 Å². The van der Waals surface area contributed by atoms with Crippen molar-refractivity contribution in [1.29, 1.82) is 0 Å². The number of hydrogen-bond donors (Lipinski definition) is 2. The molecule has 2 aliphatic rings. The molecule has 2 aliphatic heterocycles. The molecule has 0 aliphatic carbocycles. The quantitative estimate of drug-likeness (QED) is 0.775. The van der Waals surface area contributed by atoms with Gasteiger partial charge in [0.2, 0.25) is 5.91 Å². The van der Waals surface area contributed by atoms with Gasteiger partial charge in [-0.2, -0.15) is 0 Å². The Morgan fingerprint density at radius 3 is 3.00 bits per heavy atom. The lowest BCUT2D eigenvalue weighted by Crippen LogP contribution is -2.51. The van der Waals surface area contributed by atoms with Crippen molar-refractivity contribution in [2.75, 3.05) is 13.1 Å². The van der Waals surface area contributed by atoms with E-state index in [4.69, 9.17) is 5.73 Å². The standard InChI is InChI=1S/C14H27N3O/c1-2-3-6-11(15)14(18)16-12-8-10-17-9-5-4-7-13(12)17/h11-13H,2-10,15H2,1H3,(H,16,18)/t11-,12?,13?/m0/s1. The van der Waals surface area contributed by atoms with Crippen molar-refractivity contribution in [3.05, 3.63) is 0 Å². The van der Waals surface area contributed by atoms with E-state index >= 15 is 0 Å². The molecule has 4 nitrogen and oxygen atoms in total. The first-order chi connectivity index (χ1) is 8.72. The van der Waals surface area contributed by atoms with E-state index in [9.17, 15) is 4.79 Å². The van der Waals surface area contributed by atoms with Crippen LogP contribution >= 0.6 is 0 Å². The Kier molecular flexibility index (Phi) is 5.01. The number of nitrogens with one attached hydrogen (secondary N) is 1. The topological polar surface area (TPSA) is 58.4 Å². The summed E-state index contributed by atoms with van der Waals surface area (Å²) in [7, 11) is 0. The molecule has 3 atom stereocenters. The Hall–Kier alpha value is -0.610. The van der Waals surface area contributed by atoms with Crippen LogP contribution in [0.15, 0.2) is 0 Å². The fraction of sp³-hybridized carbons (Fsp3) is 0.929. The maximum atomic E-state index is 12.0. The van der Waals surface area contributed by atoms with Crippen LogP contribution in [0.1, 0.15) is 51.9 Å². The van der Waals surface area contributed by atoms with Crippen molar-refractivity contribution >= 4 is 5.91 Å². The van der Waals surface area contributed by atoms with Gasteiger partial charge in [-0.3, -0.25) is 9.69 Å². The van der Waals surface area contributed by atoms with Crippen LogP contribution in [0.3, 0.4) is 0 Å². The third-order valence-corrected chi connectivity index (χ3v) is 4.39. The zero-order chi connectivity index (χ0) is 13.0. The summed E-state index contributed by atoms with van der Waals surface area (Å²) in [6, 6.07) is 0.592. The molecule has 0 bridgehead atoms. The molecule has 2 unspecified atom stereocenters. The van der Waals surface area contributed by atoms with E-state index in [1.165, 1.54) is 25.8 Å². The van der Waals surface area contributed by atoms with Crippen molar-refractivity contribution in [1.82, 2.24) is 10.2 Å². The number of fused-ring (bicyclic) bond motifs is 1. The largest absolute Gasteiger partial charge is 0.350 e. The lowest BCUT2D eigenvalue weighted by atomic mass is 9.98. The molecule has 0 aromatic carbocycles. The van der Waals surface area contributed by atoms with E-state index in [0.29, 0.717) is 12.1 Å². The first kappa shape index (κ1) is 13.8. The van der Waals surface area contributed by atoms with E-state index < -0.39 is 0 Å². The van der Waals surface area contributed by atoms with Gasteiger partial charge in [-0.15, -0.1) is 0 Å². The van der Waals surface area contributed by atoms with Crippen molar-refractivity contribution in [2.24, 2.45) is 5.73 Å². The molecule has 2 heterocycles. The third-order valence-electron chi connectivity index (χ3n) is 4.39. The molecule has 0 aromatic heterocycles. The molecule has 1 amide bonds. The molecular formula is C14H27N3O.